The number of benzene rings is 1. The molecule has 156 valence electrons. The Morgan fingerprint density at radius 2 is 2.21 bits per heavy atom. The van der Waals surface area contributed by atoms with Crippen LogP contribution in [0.15, 0.2) is 17.3 Å². The first-order valence-corrected chi connectivity index (χ1v) is 11.2. The Labute approximate surface area is 174 Å². The van der Waals surface area contributed by atoms with Gasteiger partial charge in [-0.3, -0.25) is 4.79 Å². The molecule has 9 heteroatoms. The van der Waals surface area contributed by atoms with Crippen LogP contribution in [0.3, 0.4) is 0 Å². The van der Waals surface area contributed by atoms with Crippen molar-refractivity contribution < 1.29 is 14.3 Å². The molecule has 1 aromatic carbocycles. The van der Waals surface area contributed by atoms with Gasteiger partial charge in [0, 0.05) is 24.1 Å². The summed E-state index contributed by atoms with van der Waals surface area (Å²) in [7, 11) is 0. The summed E-state index contributed by atoms with van der Waals surface area (Å²) in [6, 6.07) is 4.38. The number of hydrogen-bond acceptors (Lipinski definition) is 7. The normalized spacial score (nSPS) is 18.5. The molecule has 0 saturated heterocycles. The molecule has 1 saturated carbocycles. The van der Waals surface area contributed by atoms with Gasteiger partial charge in [-0.1, -0.05) is 24.6 Å². The van der Waals surface area contributed by atoms with E-state index in [2.05, 4.69) is 27.8 Å². The number of tetrazole rings is 1. The van der Waals surface area contributed by atoms with Gasteiger partial charge in [0.1, 0.15) is 17.6 Å². The molecular weight excluding hydrogens is 390 g/mol. The quantitative estimate of drug-likeness (QED) is 0.660. The molecule has 0 spiro atoms. The molecule has 4 rings (SSSR count). The van der Waals surface area contributed by atoms with Crippen LogP contribution in [0.5, 0.6) is 11.5 Å². The molecule has 1 aromatic heterocycles. The lowest BCUT2D eigenvalue weighted by atomic mass is 10.1. The van der Waals surface area contributed by atoms with Crippen molar-refractivity contribution >= 4 is 17.7 Å². The molecule has 1 atom stereocenters. The molecule has 8 nitrogen and oxygen atoms in total. The number of amides is 1. The van der Waals surface area contributed by atoms with Crippen molar-refractivity contribution in [3.8, 4) is 11.5 Å². The van der Waals surface area contributed by atoms with Crippen LogP contribution in [0.1, 0.15) is 56.7 Å². The van der Waals surface area contributed by atoms with Crippen LogP contribution < -0.4 is 14.8 Å². The van der Waals surface area contributed by atoms with E-state index in [4.69, 9.17) is 9.47 Å². The van der Waals surface area contributed by atoms with Crippen LogP contribution in [0.2, 0.25) is 0 Å². The zero-order valence-corrected chi connectivity index (χ0v) is 17.7. The van der Waals surface area contributed by atoms with Crippen molar-refractivity contribution in [3.05, 3.63) is 23.3 Å². The second kappa shape index (κ2) is 9.02. The van der Waals surface area contributed by atoms with Crippen molar-refractivity contribution in [2.75, 3.05) is 12.4 Å². The number of carbonyl (C=O) groups is 1. The second-order valence-corrected chi connectivity index (χ2v) is 8.49. The molecule has 1 N–H and O–H groups in total. The van der Waals surface area contributed by atoms with E-state index in [9.17, 15) is 4.79 Å². The van der Waals surface area contributed by atoms with Gasteiger partial charge in [-0.2, -0.15) is 0 Å². The Hall–Kier alpha value is -2.29. The number of nitrogens with one attached hydrogen (secondary N) is 1. The number of ether oxygens (including phenoxy) is 2. The number of hydrogen-bond donors (Lipinski definition) is 1. The van der Waals surface area contributed by atoms with E-state index >= 15 is 0 Å². The Balaban J connectivity index is 1.34. The molecule has 1 aliphatic heterocycles. The monoisotopic (exact) mass is 417 g/mol. The number of nitrogens with zero attached hydrogens (tertiary/aromatic N) is 4. The highest BCUT2D eigenvalue weighted by molar-refractivity contribution is 7.99. The smallest absolute Gasteiger partial charge is 0.230 e. The Morgan fingerprint density at radius 3 is 3.00 bits per heavy atom. The van der Waals surface area contributed by atoms with E-state index < -0.39 is 0 Å². The maximum absolute atomic E-state index is 12.4. The first-order valence-electron chi connectivity index (χ1n) is 10.3. The molecule has 29 heavy (non-hydrogen) atoms. The highest BCUT2D eigenvalue weighted by Gasteiger charge is 2.23. The predicted octanol–water partition coefficient (Wildman–Crippen LogP) is 2.92. The van der Waals surface area contributed by atoms with Crippen LogP contribution in [0.4, 0.5) is 0 Å². The SMILES string of the molecule is CCOc1cc2c(cc1CNC(=O)CSc1nnnn1C1CCCC1)OC(C)C2. The van der Waals surface area contributed by atoms with Crippen molar-refractivity contribution in [1.29, 1.82) is 0 Å². The minimum Gasteiger partial charge on any atom is -0.494 e. The topological polar surface area (TPSA) is 91.2 Å². The highest BCUT2D eigenvalue weighted by Crippen LogP contribution is 2.35. The minimum absolute atomic E-state index is 0.0618. The minimum atomic E-state index is -0.0618. The summed E-state index contributed by atoms with van der Waals surface area (Å²) in [6.45, 7) is 4.99. The summed E-state index contributed by atoms with van der Waals surface area (Å²) >= 11 is 1.38. The van der Waals surface area contributed by atoms with Crippen LogP contribution >= 0.6 is 11.8 Å². The fraction of sp³-hybridized carbons (Fsp3) is 0.600. The highest BCUT2D eigenvalue weighted by atomic mass is 32.2. The Bertz CT molecular complexity index is 866. The molecular formula is C20H27N5O3S. The van der Waals surface area contributed by atoms with E-state index in [0.717, 1.165) is 41.9 Å². The van der Waals surface area contributed by atoms with Crippen LogP contribution in [0, 0.1) is 0 Å². The average molecular weight is 418 g/mol. The maximum Gasteiger partial charge on any atom is 0.230 e. The largest absolute Gasteiger partial charge is 0.494 e. The molecule has 1 unspecified atom stereocenters. The molecule has 1 amide bonds. The Morgan fingerprint density at radius 1 is 1.38 bits per heavy atom. The van der Waals surface area contributed by atoms with Crippen molar-refractivity contribution in [2.24, 2.45) is 0 Å². The van der Waals surface area contributed by atoms with Gasteiger partial charge in [-0.25, -0.2) is 4.68 Å². The summed E-state index contributed by atoms with van der Waals surface area (Å²) < 4.78 is 13.5. The van der Waals surface area contributed by atoms with Crippen molar-refractivity contribution in [1.82, 2.24) is 25.5 Å². The van der Waals surface area contributed by atoms with E-state index in [1.807, 2.05) is 23.7 Å². The first-order chi connectivity index (χ1) is 14.1. The van der Waals surface area contributed by atoms with Gasteiger partial charge in [0.25, 0.3) is 0 Å². The van der Waals surface area contributed by atoms with Gasteiger partial charge < -0.3 is 14.8 Å². The lowest BCUT2D eigenvalue weighted by Gasteiger charge is -2.13. The zero-order valence-electron chi connectivity index (χ0n) is 16.9. The molecule has 1 fully saturated rings. The fourth-order valence-electron chi connectivity index (χ4n) is 3.94. The molecule has 2 aromatic rings. The van der Waals surface area contributed by atoms with Gasteiger partial charge in [0.15, 0.2) is 0 Å². The van der Waals surface area contributed by atoms with Crippen molar-refractivity contribution in [2.45, 2.75) is 69.8 Å². The second-order valence-electron chi connectivity index (χ2n) is 7.54. The average Bonchev–Trinajstić information content (AvgIpc) is 3.44. The first kappa shape index (κ1) is 20.0. The number of rotatable bonds is 8. The summed E-state index contributed by atoms with van der Waals surface area (Å²) in [5.74, 6) is 1.90. The van der Waals surface area contributed by atoms with Gasteiger partial charge in [-0.05, 0) is 49.2 Å². The lowest BCUT2D eigenvalue weighted by molar-refractivity contribution is -0.118. The zero-order chi connectivity index (χ0) is 20.2. The molecule has 2 aliphatic rings. The molecule has 0 radical (unpaired) electrons. The standard InChI is InChI=1S/C20H27N5O3S/c1-3-27-17-9-14-8-13(2)28-18(14)10-15(17)11-21-19(26)12-29-20-22-23-24-25(20)16-6-4-5-7-16/h9-10,13,16H,3-8,11-12H2,1-2H3,(H,21,26). The van der Waals surface area contributed by atoms with E-state index in [0.29, 0.717) is 24.3 Å². The van der Waals surface area contributed by atoms with Gasteiger partial charge in [0.05, 0.1) is 18.4 Å². The number of thioether (sulfide) groups is 1. The Kier molecular flexibility index (Phi) is 6.22. The van der Waals surface area contributed by atoms with E-state index in [1.54, 1.807) is 0 Å². The molecule has 0 bridgehead atoms. The van der Waals surface area contributed by atoms with Gasteiger partial charge >= 0.3 is 0 Å². The predicted molar refractivity (Wildman–Crippen MR) is 109 cm³/mol. The molecule has 1 aliphatic carbocycles. The molecule has 2 heterocycles. The van der Waals surface area contributed by atoms with Crippen LogP contribution in [-0.2, 0) is 17.8 Å². The summed E-state index contributed by atoms with van der Waals surface area (Å²) in [5, 5.41) is 15.7. The third-order valence-electron chi connectivity index (χ3n) is 5.32. The fourth-order valence-corrected chi connectivity index (χ4v) is 4.72. The number of carbonyl (C=O) groups excluding carboxylic acids is 1. The number of aromatic nitrogens is 4. The lowest BCUT2D eigenvalue weighted by Crippen LogP contribution is -2.25. The van der Waals surface area contributed by atoms with Gasteiger partial charge in [-0.15, -0.1) is 5.10 Å². The third kappa shape index (κ3) is 4.66. The van der Waals surface area contributed by atoms with Crippen LogP contribution in [0.25, 0.3) is 0 Å². The third-order valence-corrected chi connectivity index (χ3v) is 6.25. The summed E-state index contributed by atoms with van der Waals surface area (Å²) in [6.07, 6.45) is 5.68. The van der Waals surface area contributed by atoms with E-state index in [1.165, 1.54) is 24.6 Å². The van der Waals surface area contributed by atoms with E-state index in [-0.39, 0.29) is 17.8 Å². The maximum atomic E-state index is 12.4. The number of fused-ring (bicyclic) bond motifs is 1. The van der Waals surface area contributed by atoms with Crippen LogP contribution in [-0.4, -0.2) is 44.6 Å². The van der Waals surface area contributed by atoms with Gasteiger partial charge in [0.2, 0.25) is 11.1 Å². The summed E-state index contributed by atoms with van der Waals surface area (Å²) in [4.78, 5) is 12.4. The summed E-state index contributed by atoms with van der Waals surface area (Å²) in [5.41, 5.74) is 2.08. The van der Waals surface area contributed by atoms with Crippen molar-refractivity contribution in [3.63, 3.8) is 0 Å².